The van der Waals surface area contributed by atoms with Gasteiger partial charge in [0.25, 0.3) is 0 Å². The van der Waals surface area contributed by atoms with Crippen molar-refractivity contribution in [1.82, 2.24) is 29.9 Å². The minimum absolute atomic E-state index is 0.0348. The van der Waals surface area contributed by atoms with E-state index >= 15 is 0 Å². The molecule has 0 fully saturated rings. The van der Waals surface area contributed by atoms with E-state index in [1.807, 2.05) is 80.1 Å². The molecule has 0 unspecified atom stereocenters. The first-order chi connectivity index (χ1) is 33.7. The van der Waals surface area contributed by atoms with Gasteiger partial charge in [0.2, 0.25) is 0 Å². The number of carbonyl (C=O) groups excluding carboxylic acids is 1. The van der Waals surface area contributed by atoms with Crippen molar-refractivity contribution < 1.29 is 24.1 Å². The molecule has 0 spiro atoms. The Kier molecular flexibility index (Phi) is 17.8. The van der Waals surface area contributed by atoms with E-state index in [1.54, 1.807) is 69.4 Å². The summed E-state index contributed by atoms with van der Waals surface area (Å²) in [5.74, 6) is 2.19. The molecule has 14 nitrogen and oxygen atoms in total. The number of rotatable bonds is 11. The van der Waals surface area contributed by atoms with Crippen molar-refractivity contribution in [3.8, 4) is 35.5 Å². The number of allylic oxidation sites excluding steroid dienone is 2. The summed E-state index contributed by atoms with van der Waals surface area (Å²) in [5, 5.41) is 40.6. The van der Waals surface area contributed by atoms with Crippen molar-refractivity contribution in [2.24, 2.45) is 0 Å². The zero-order valence-corrected chi connectivity index (χ0v) is 39.0. The summed E-state index contributed by atoms with van der Waals surface area (Å²) < 4.78 is 16.1. The smallest absolute Gasteiger partial charge is 0.153 e. The van der Waals surface area contributed by atoms with E-state index < -0.39 is 0 Å². The predicted octanol–water partition coefficient (Wildman–Crippen LogP) is 11.6. The summed E-state index contributed by atoms with van der Waals surface area (Å²) in [6.45, 7) is 2.51. The van der Waals surface area contributed by atoms with Gasteiger partial charge in [-0.2, -0.15) is 15.8 Å². The van der Waals surface area contributed by atoms with Crippen LogP contribution in [0.25, 0.3) is 56.0 Å². The number of nitrogens with zero attached hydrogens (tertiary/aromatic N) is 6. The van der Waals surface area contributed by atoms with Gasteiger partial charge in [-0.15, -0.1) is 0 Å². The quantitative estimate of drug-likeness (QED) is 0.0705. The number of benzene rings is 3. The summed E-state index contributed by atoms with van der Waals surface area (Å²) in [5.41, 5.74) is 9.32. The number of H-pyrrole nitrogens is 3. The monoisotopic (exact) mass is 955 g/mol. The van der Waals surface area contributed by atoms with E-state index in [-0.39, 0.29) is 6.61 Å². The lowest BCUT2D eigenvalue weighted by molar-refractivity contribution is 0.112. The van der Waals surface area contributed by atoms with Gasteiger partial charge in [-0.1, -0.05) is 29.3 Å². The van der Waals surface area contributed by atoms with Crippen LogP contribution in [-0.4, -0.2) is 62.1 Å². The second-order valence-corrected chi connectivity index (χ2v) is 15.3. The summed E-state index contributed by atoms with van der Waals surface area (Å²) in [4.78, 5) is 31.4. The Hall–Kier alpha value is -8.71. The summed E-state index contributed by atoms with van der Waals surface area (Å²) in [6.07, 6.45) is 19.7. The van der Waals surface area contributed by atoms with Crippen LogP contribution >= 0.6 is 23.2 Å². The van der Waals surface area contributed by atoms with Crippen molar-refractivity contribution in [2.45, 2.75) is 20.0 Å². The molecule has 0 radical (unpaired) electrons. The minimum Gasteiger partial charge on any atom is -0.497 e. The average Bonchev–Trinajstić information content (AvgIpc) is 4.13. The highest BCUT2D eigenvalue weighted by atomic mass is 35.5. The van der Waals surface area contributed by atoms with E-state index in [0.717, 1.165) is 72.0 Å². The van der Waals surface area contributed by atoms with Crippen LogP contribution in [0.2, 0.25) is 10.0 Å². The first kappa shape index (κ1) is 49.7. The third-order valence-electron chi connectivity index (χ3n) is 10.3. The lowest BCUT2D eigenvalue weighted by Gasteiger charge is -2.07. The molecule has 6 heterocycles. The lowest BCUT2D eigenvalue weighted by atomic mass is 10.0. The number of methoxy groups -OCH3 is 2. The molecule has 9 rings (SSSR count). The van der Waals surface area contributed by atoms with Crippen LogP contribution in [0.3, 0.4) is 0 Å². The molecule has 6 aromatic heterocycles. The van der Waals surface area contributed by atoms with Gasteiger partial charge in [-0.3, -0.25) is 19.7 Å². The lowest BCUT2D eigenvalue weighted by Crippen LogP contribution is -1.94. The van der Waals surface area contributed by atoms with Crippen LogP contribution < -0.4 is 14.2 Å². The fourth-order valence-corrected chi connectivity index (χ4v) is 7.18. The number of aromatic amines is 3. The Balaban J connectivity index is 0.000000160. The molecule has 0 amide bonds. The number of hydrogen-bond donors (Lipinski definition) is 4. The van der Waals surface area contributed by atoms with Crippen LogP contribution in [0.5, 0.6) is 17.2 Å². The van der Waals surface area contributed by atoms with Gasteiger partial charge in [-0.05, 0) is 96.9 Å². The number of carbonyl (C=O) groups is 1. The Morgan fingerprint density at radius 3 is 1.67 bits per heavy atom. The van der Waals surface area contributed by atoms with Crippen molar-refractivity contribution in [1.29, 1.82) is 15.8 Å². The zero-order valence-electron chi connectivity index (χ0n) is 37.5. The third kappa shape index (κ3) is 12.6. The molecule has 0 atom stereocenters. The van der Waals surface area contributed by atoms with Gasteiger partial charge in [0, 0.05) is 111 Å². The van der Waals surface area contributed by atoms with Crippen LogP contribution in [0.1, 0.15) is 50.7 Å². The zero-order chi connectivity index (χ0) is 49.1. The van der Waals surface area contributed by atoms with Crippen molar-refractivity contribution in [2.75, 3.05) is 20.8 Å². The summed E-state index contributed by atoms with van der Waals surface area (Å²) in [7, 11) is 3.24. The average molecular weight is 957 g/mol. The van der Waals surface area contributed by atoms with E-state index in [1.165, 1.54) is 12.4 Å². The first-order valence-electron chi connectivity index (χ1n) is 21.0. The number of halogens is 2. The fraction of sp³-hybridized carbons (Fsp3) is 0.113. The first-order valence-corrected chi connectivity index (χ1v) is 21.8. The molecule has 3 aromatic carbocycles. The maximum atomic E-state index is 10.1. The molecule has 16 heteroatoms. The molecular formula is C53H43Cl2N9O5. The number of aliphatic hydroxyl groups is 1. The van der Waals surface area contributed by atoms with Crippen LogP contribution in [-0.2, 0) is 13.0 Å². The van der Waals surface area contributed by atoms with Gasteiger partial charge in [-0.25, -0.2) is 0 Å². The number of aliphatic hydroxyl groups excluding tert-OH is 1. The number of aromatic nitrogens is 6. The highest BCUT2D eigenvalue weighted by Crippen LogP contribution is 2.32. The molecule has 0 saturated carbocycles. The molecule has 344 valence electrons. The number of nitriles is 3. The topological polar surface area (TPSA) is 222 Å². The molecule has 0 aliphatic rings. The molecular weight excluding hydrogens is 914 g/mol. The van der Waals surface area contributed by atoms with Crippen molar-refractivity contribution >= 4 is 85.5 Å². The third-order valence-corrected chi connectivity index (χ3v) is 11.0. The van der Waals surface area contributed by atoms with Gasteiger partial charge >= 0.3 is 0 Å². The largest absolute Gasteiger partial charge is 0.497 e. The summed E-state index contributed by atoms with van der Waals surface area (Å²) >= 11 is 11.7. The highest BCUT2D eigenvalue weighted by Gasteiger charge is 2.13. The number of ether oxygens (including phenoxy) is 3. The molecule has 0 aliphatic carbocycles. The number of nitrogens with one attached hydrogen (secondary N) is 3. The minimum atomic E-state index is 0.0348. The Morgan fingerprint density at radius 1 is 0.667 bits per heavy atom. The molecule has 9 aromatic rings. The predicted molar refractivity (Wildman–Crippen MR) is 269 cm³/mol. The van der Waals surface area contributed by atoms with Crippen LogP contribution in [0.4, 0.5) is 0 Å². The molecule has 0 aliphatic heterocycles. The maximum Gasteiger partial charge on any atom is 0.153 e. The van der Waals surface area contributed by atoms with E-state index in [2.05, 4.69) is 48.1 Å². The number of hydrogen-bond acceptors (Lipinski definition) is 11. The fourth-order valence-electron chi connectivity index (χ4n) is 6.87. The standard InChI is InChI=1S/C19H17N3O2.C17H12ClN3O.C11H10N2O.C6H4ClNO/c1-3-24-19-6-7-21-11-14(19)8-13(10-20)17-12-22-18-5-4-15(23-2)9-16(17)18;1-22-13-2-3-17-14(7-13)15(10-21-17)11(8-19)6-12-9-20-5-4-16(12)18;12-4-3-9-6-13-11-2-1-8(7-14)5-10(9)11;7-6-1-2-8-3-5(6)4-9/h4-9,11-12,22H,3H2,1-2H3;2-7,9-10,21H,1H3;1-2,5-6,13-14H,3,7H2;1-4H/b13-8+;11-6+;;. The van der Waals surface area contributed by atoms with Gasteiger partial charge in [0.05, 0.1) is 78.8 Å². The molecule has 0 bridgehead atoms. The maximum absolute atomic E-state index is 10.1. The van der Waals surface area contributed by atoms with Crippen LogP contribution in [0.15, 0.2) is 129 Å². The Morgan fingerprint density at radius 2 is 1.17 bits per heavy atom. The summed E-state index contributed by atoms with van der Waals surface area (Å²) in [6, 6.07) is 28.8. The molecule has 69 heavy (non-hydrogen) atoms. The highest BCUT2D eigenvalue weighted by molar-refractivity contribution is 6.33. The Labute approximate surface area is 407 Å². The van der Waals surface area contributed by atoms with E-state index in [0.29, 0.717) is 57.4 Å². The number of pyridine rings is 3. The van der Waals surface area contributed by atoms with E-state index in [4.69, 9.17) is 47.8 Å². The number of aldehydes is 1. The molecule has 0 saturated heterocycles. The number of fused-ring (bicyclic) bond motifs is 3. The van der Waals surface area contributed by atoms with Gasteiger partial charge in [0.15, 0.2) is 6.29 Å². The second-order valence-electron chi connectivity index (χ2n) is 14.5. The van der Waals surface area contributed by atoms with Crippen molar-refractivity contribution in [3.63, 3.8) is 0 Å². The van der Waals surface area contributed by atoms with E-state index in [9.17, 15) is 15.3 Å². The Bertz CT molecular complexity index is 3410. The van der Waals surface area contributed by atoms with Gasteiger partial charge in [0.1, 0.15) is 17.2 Å². The van der Waals surface area contributed by atoms with Crippen LogP contribution in [0, 0.1) is 34.0 Å². The normalized spacial score (nSPS) is 10.8. The second kappa shape index (κ2) is 24.7. The molecule has 4 N–H and O–H groups in total. The van der Waals surface area contributed by atoms with Crippen molar-refractivity contribution in [3.05, 3.63) is 178 Å². The SMILES string of the molecule is CCOc1ccncc1/C=C(\C#N)c1c[nH]c2ccc(OC)cc12.COc1ccc2[nH]cc(/C(C#N)=C/c3cnccc3Cl)c2c1.N#CCc1c[nH]c2ccc(CO)cc12.O=Cc1cnccc1Cl. The van der Waals surface area contributed by atoms with Gasteiger partial charge < -0.3 is 34.3 Å².